The first-order valence-corrected chi connectivity index (χ1v) is 4.13. The number of ether oxygens (including phenoxy) is 1. The summed E-state index contributed by atoms with van der Waals surface area (Å²) in [6.45, 7) is 0.770. The Morgan fingerprint density at radius 1 is 1.67 bits per heavy atom. The summed E-state index contributed by atoms with van der Waals surface area (Å²) in [7, 11) is 3.62. The Labute approximate surface area is 71.5 Å². The molecule has 0 bridgehead atoms. The first kappa shape index (κ1) is 7.73. The molecule has 0 atom stereocenters. The largest absolute Gasteiger partial charge is 0.384 e. The van der Waals surface area contributed by atoms with Gasteiger partial charge in [0, 0.05) is 25.8 Å². The summed E-state index contributed by atoms with van der Waals surface area (Å²) >= 11 is 0. The summed E-state index contributed by atoms with van der Waals surface area (Å²) < 4.78 is 6.90. The van der Waals surface area contributed by atoms with Gasteiger partial charge in [-0.3, -0.25) is 4.68 Å². The van der Waals surface area contributed by atoms with Gasteiger partial charge >= 0.3 is 0 Å². The monoisotopic (exact) mass is 167 g/mol. The van der Waals surface area contributed by atoms with Gasteiger partial charge in [0.2, 0.25) is 0 Å². The quantitative estimate of drug-likeness (QED) is 0.658. The van der Waals surface area contributed by atoms with Gasteiger partial charge < -0.3 is 4.74 Å². The molecule has 0 aromatic carbocycles. The number of rotatable bonds is 3. The zero-order valence-electron chi connectivity index (χ0n) is 7.45. The van der Waals surface area contributed by atoms with Gasteiger partial charge in [0.15, 0.2) is 0 Å². The predicted molar refractivity (Wildman–Crippen MR) is 43.8 cm³/mol. The second-order valence-electron chi connectivity index (χ2n) is 3.49. The van der Waals surface area contributed by atoms with Crippen LogP contribution in [0.5, 0.6) is 0 Å². The summed E-state index contributed by atoms with van der Waals surface area (Å²) in [5.41, 5.74) is 1.27. The smallest absolute Gasteiger partial charge is 0.0911 e. The summed E-state index contributed by atoms with van der Waals surface area (Å²) in [5, 5.41) is 8.02. The van der Waals surface area contributed by atoms with Crippen molar-refractivity contribution in [2.45, 2.75) is 18.3 Å². The fourth-order valence-electron chi connectivity index (χ4n) is 1.49. The van der Waals surface area contributed by atoms with Crippen molar-refractivity contribution < 1.29 is 4.74 Å². The van der Waals surface area contributed by atoms with Gasteiger partial charge in [-0.1, -0.05) is 5.21 Å². The summed E-state index contributed by atoms with van der Waals surface area (Å²) in [6.07, 6.45) is 4.34. The molecular weight excluding hydrogens is 154 g/mol. The van der Waals surface area contributed by atoms with Crippen LogP contribution in [0, 0.1) is 0 Å². The first-order valence-electron chi connectivity index (χ1n) is 4.13. The van der Waals surface area contributed by atoms with Gasteiger partial charge in [0.25, 0.3) is 0 Å². The molecule has 1 aromatic heterocycles. The number of aryl methyl sites for hydroxylation is 1. The van der Waals surface area contributed by atoms with Crippen molar-refractivity contribution >= 4 is 0 Å². The fourth-order valence-corrected chi connectivity index (χ4v) is 1.49. The molecule has 4 nitrogen and oxygen atoms in total. The Kier molecular flexibility index (Phi) is 1.65. The van der Waals surface area contributed by atoms with Gasteiger partial charge in [-0.15, -0.1) is 5.10 Å². The highest BCUT2D eigenvalue weighted by Gasteiger charge is 2.46. The maximum atomic E-state index is 5.16. The molecular formula is C8H13N3O. The average Bonchev–Trinajstić information content (AvgIpc) is 2.69. The van der Waals surface area contributed by atoms with Crippen LogP contribution in [-0.2, 0) is 17.2 Å². The van der Waals surface area contributed by atoms with E-state index < -0.39 is 0 Å². The third kappa shape index (κ3) is 1.12. The molecule has 2 rings (SSSR count). The molecule has 1 saturated carbocycles. The van der Waals surface area contributed by atoms with Gasteiger partial charge in [-0.2, -0.15) is 0 Å². The summed E-state index contributed by atoms with van der Waals surface area (Å²) in [5.74, 6) is 0. The van der Waals surface area contributed by atoms with Crippen molar-refractivity contribution in [3.8, 4) is 0 Å². The molecule has 12 heavy (non-hydrogen) atoms. The molecule has 1 aromatic rings. The third-order valence-electron chi connectivity index (χ3n) is 2.42. The first-order chi connectivity index (χ1) is 5.77. The Bertz CT molecular complexity index is 278. The maximum absolute atomic E-state index is 5.16. The van der Waals surface area contributed by atoms with Crippen molar-refractivity contribution in [1.82, 2.24) is 15.0 Å². The maximum Gasteiger partial charge on any atom is 0.0911 e. The van der Waals surface area contributed by atoms with Crippen LogP contribution in [0.4, 0.5) is 0 Å². The Morgan fingerprint density at radius 3 is 2.83 bits per heavy atom. The number of nitrogens with zero attached hydrogens (tertiary/aromatic N) is 3. The molecule has 0 spiro atoms. The van der Waals surface area contributed by atoms with E-state index in [4.69, 9.17) is 4.74 Å². The molecule has 0 radical (unpaired) electrons. The summed E-state index contributed by atoms with van der Waals surface area (Å²) in [6, 6.07) is 0. The van der Waals surface area contributed by atoms with Gasteiger partial charge in [0.05, 0.1) is 12.3 Å². The predicted octanol–water partition coefficient (Wildman–Crippen LogP) is 0.493. The lowest BCUT2D eigenvalue weighted by atomic mass is 10.1. The van der Waals surface area contributed by atoms with Crippen LogP contribution in [-0.4, -0.2) is 28.7 Å². The van der Waals surface area contributed by atoms with Crippen molar-refractivity contribution in [3.63, 3.8) is 0 Å². The van der Waals surface area contributed by atoms with Crippen LogP contribution in [0.3, 0.4) is 0 Å². The van der Waals surface area contributed by atoms with Crippen molar-refractivity contribution in [2.24, 2.45) is 7.05 Å². The van der Waals surface area contributed by atoms with E-state index in [0.29, 0.717) is 0 Å². The Morgan fingerprint density at radius 2 is 2.42 bits per heavy atom. The van der Waals surface area contributed by atoms with E-state index in [2.05, 4.69) is 10.3 Å². The van der Waals surface area contributed by atoms with Crippen molar-refractivity contribution in [2.75, 3.05) is 13.7 Å². The molecule has 1 heterocycles. The van der Waals surface area contributed by atoms with E-state index in [-0.39, 0.29) is 5.41 Å². The highest BCUT2D eigenvalue weighted by Crippen LogP contribution is 2.47. The molecule has 4 heteroatoms. The van der Waals surface area contributed by atoms with Crippen LogP contribution in [0.1, 0.15) is 18.5 Å². The van der Waals surface area contributed by atoms with Crippen LogP contribution in [0.15, 0.2) is 6.20 Å². The standard InChI is InChI=1S/C8H13N3O/c1-11-5-7(9-10-11)8(3-4-8)6-12-2/h5H,3-4,6H2,1-2H3. The van der Waals surface area contributed by atoms with E-state index in [1.165, 1.54) is 12.8 Å². The summed E-state index contributed by atoms with van der Waals surface area (Å²) in [4.78, 5) is 0. The number of aromatic nitrogens is 3. The Balaban J connectivity index is 2.18. The van der Waals surface area contributed by atoms with Crippen molar-refractivity contribution in [1.29, 1.82) is 0 Å². The highest BCUT2D eigenvalue weighted by molar-refractivity contribution is 5.21. The van der Waals surface area contributed by atoms with Crippen LogP contribution < -0.4 is 0 Å². The molecule has 0 amide bonds. The molecule has 0 saturated heterocycles. The lowest BCUT2D eigenvalue weighted by Gasteiger charge is -2.08. The minimum atomic E-state index is 0.197. The molecule has 1 fully saturated rings. The van der Waals surface area contributed by atoms with E-state index >= 15 is 0 Å². The lowest BCUT2D eigenvalue weighted by molar-refractivity contribution is 0.170. The minimum absolute atomic E-state index is 0.197. The molecule has 1 aliphatic carbocycles. The van der Waals surface area contributed by atoms with Crippen molar-refractivity contribution in [3.05, 3.63) is 11.9 Å². The molecule has 0 N–H and O–H groups in total. The van der Waals surface area contributed by atoms with E-state index in [1.54, 1.807) is 11.8 Å². The van der Waals surface area contributed by atoms with E-state index in [0.717, 1.165) is 12.3 Å². The third-order valence-corrected chi connectivity index (χ3v) is 2.42. The second kappa shape index (κ2) is 2.55. The lowest BCUT2D eigenvalue weighted by Crippen LogP contribution is -2.14. The van der Waals surface area contributed by atoms with E-state index in [1.807, 2.05) is 13.2 Å². The highest BCUT2D eigenvalue weighted by atomic mass is 16.5. The number of hydrogen-bond donors (Lipinski definition) is 0. The zero-order valence-corrected chi connectivity index (χ0v) is 7.45. The Hall–Kier alpha value is -0.900. The fraction of sp³-hybridized carbons (Fsp3) is 0.750. The number of methoxy groups -OCH3 is 1. The van der Waals surface area contributed by atoms with Crippen LogP contribution in [0.2, 0.25) is 0 Å². The van der Waals surface area contributed by atoms with Gasteiger partial charge in [-0.05, 0) is 12.8 Å². The second-order valence-corrected chi connectivity index (χ2v) is 3.49. The molecule has 0 unspecified atom stereocenters. The van der Waals surface area contributed by atoms with Gasteiger partial charge in [0.1, 0.15) is 0 Å². The SMILES string of the molecule is COCC1(c2cn(C)nn2)CC1. The average molecular weight is 167 g/mol. The minimum Gasteiger partial charge on any atom is -0.384 e. The topological polar surface area (TPSA) is 39.9 Å². The van der Waals surface area contributed by atoms with E-state index in [9.17, 15) is 0 Å². The molecule has 66 valence electrons. The number of hydrogen-bond acceptors (Lipinski definition) is 3. The van der Waals surface area contributed by atoms with Crippen LogP contribution in [0.25, 0.3) is 0 Å². The van der Waals surface area contributed by atoms with Gasteiger partial charge in [-0.25, -0.2) is 0 Å². The zero-order chi connectivity index (χ0) is 8.60. The normalized spacial score (nSPS) is 19.5. The molecule has 0 aliphatic heterocycles. The van der Waals surface area contributed by atoms with Crippen LogP contribution >= 0.6 is 0 Å². The molecule has 1 aliphatic rings.